The first kappa shape index (κ1) is 12.9. The highest BCUT2D eigenvalue weighted by Crippen LogP contribution is 2.30. The summed E-state index contributed by atoms with van der Waals surface area (Å²) in [6.45, 7) is -0.672. The lowest BCUT2D eigenvalue weighted by atomic mass is 10.1. The van der Waals surface area contributed by atoms with Gasteiger partial charge in [-0.3, -0.25) is 4.57 Å². The van der Waals surface area contributed by atoms with Crippen LogP contribution in [0.4, 0.5) is 14.6 Å². The first-order valence-corrected chi connectivity index (χ1v) is 5.08. The molecule has 0 saturated carbocycles. The normalized spacial score (nSPS) is 31.8. The second-order valence-electron chi connectivity index (χ2n) is 3.85. The maximum Gasteiger partial charge on any atom is 0.351 e. The van der Waals surface area contributed by atoms with Gasteiger partial charge in [-0.25, -0.2) is 13.6 Å². The Kier molecular flexibility index (Phi) is 3.28. The smallest absolute Gasteiger partial charge is 0.351 e. The molecule has 1 saturated heterocycles. The third kappa shape index (κ3) is 1.96. The van der Waals surface area contributed by atoms with Gasteiger partial charge in [0, 0.05) is 0 Å². The summed E-state index contributed by atoms with van der Waals surface area (Å²) >= 11 is 0. The number of hydrogen-bond donors (Lipinski definition) is 3. The van der Waals surface area contributed by atoms with E-state index in [1.165, 1.54) is 0 Å². The van der Waals surface area contributed by atoms with Gasteiger partial charge in [-0.1, -0.05) is 0 Å². The van der Waals surface area contributed by atoms with E-state index in [1.54, 1.807) is 0 Å². The molecule has 0 bridgehead atoms. The zero-order chi connectivity index (χ0) is 13.4. The number of anilines is 1. The number of nitrogens with zero attached hydrogens (tertiary/aromatic N) is 2. The third-order valence-electron chi connectivity index (χ3n) is 2.68. The fourth-order valence-electron chi connectivity index (χ4n) is 1.73. The molecule has 1 fully saturated rings. The Morgan fingerprint density at radius 1 is 1.61 bits per heavy atom. The molecular weight excluding hydrogens is 252 g/mol. The number of nitrogen functional groups attached to an aromatic ring is 1. The summed E-state index contributed by atoms with van der Waals surface area (Å²) in [4.78, 5) is 14.6. The van der Waals surface area contributed by atoms with E-state index < -0.39 is 48.5 Å². The number of aliphatic hydroxyl groups is 2. The van der Waals surface area contributed by atoms with Crippen molar-refractivity contribution < 1.29 is 23.7 Å². The van der Waals surface area contributed by atoms with Gasteiger partial charge in [-0.15, -0.1) is 0 Å². The van der Waals surface area contributed by atoms with E-state index in [-0.39, 0.29) is 0 Å². The molecule has 1 aliphatic rings. The monoisotopic (exact) mass is 263 g/mol. The minimum atomic E-state index is -1.88. The highest BCUT2D eigenvalue weighted by atomic mass is 19.1. The van der Waals surface area contributed by atoms with Gasteiger partial charge in [-0.05, 0) is 0 Å². The Balaban J connectivity index is 2.39. The van der Waals surface area contributed by atoms with Crippen LogP contribution in [-0.4, -0.2) is 44.8 Å². The number of halogens is 2. The molecule has 0 unspecified atom stereocenters. The predicted molar refractivity (Wildman–Crippen MR) is 54.8 cm³/mol. The standard InChI is InChI=1S/C9H11F2N3O4/c10-3-1-14(9(17)13-7(3)12)8-6(16)5(11)4(2-15)18-8/h1,4-6,8,15-16H,2H2,(H2,12,13,17)/t4-,5-,6-,8-/m1/s1. The highest BCUT2D eigenvalue weighted by Gasteiger charge is 2.45. The number of alkyl halides is 1. The van der Waals surface area contributed by atoms with Gasteiger partial charge in [0.2, 0.25) is 0 Å². The van der Waals surface area contributed by atoms with Crippen molar-refractivity contribution in [3.8, 4) is 0 Å². The maximum absolute atomic E-state index is 13.4. The minimum absolute atomic E-state index is 0.596. The van der Waals surface area contributed by atoms with Gasteiger partial charge in [-0.2, -0.15) is 4.98 Å². The second kappa shape index (κ2) is 4.59. The Morgan fingerprint density at radius 2 is 2.28 bits per heavy atom. The molecule has 4 atom stereocenters. The topological polar surface area (TPSA) is 111 Å². The first-order valence-electron chi connectivity index (χ1n) is 5.08. The number of nitrogens with two attached hydrogens (primary N) is 1. The van der Waals surface area contributed by atoms with Crippen molar-refractivity contribution in [2.45, 2.75) is 24.6 Å². The van der Waals surface area contributed by atoms with E-state index in [9.17, 15) is 18.7 Å². The van der Waals surface area contributed by atoms with Gasteiger partial charge >= 0.3 is 5.69 Å². The fourth-order valence-corrected chi connectivity index (χ4v) is 1.73. The highest BCUT2D eigenvalue weighted by molar-refractivity contribution is 5.26. The van der Waals surface area contributed by atoms with E-state index in [0.29, 0.717) is 10.8 Å². The van der Waals surface area contributed by atoms with Crippen LogP contribution in [0.15, 0.2) is 11.0 Å². The van der Waals surface area contributed by atoms with Crippen molar-refractivity contribution in [3.05, 3.63) is 22.5 Å². The number of aromatic nitrogens is 2. The van der Waals surface area contributed by atoms with Crippen molar-refractivity contribution >= 4 is 5.82 Å². The average Bonchev–Trinajstić information content (AvgIpc) is 2.61. The SMILES string of the molecule is Nc1nc(=O)n([C@@H]2O[C@H](CO)[C@@H](F)[C@H]2O)cc1F. The van der Waals surface area contributed by atoms with Crippen LogP contribution >= 0.6 is 0 Å². The largest absolute Gasteiger partial charge is 0.394 e. The molecule has 9 heteroatoms. The molecular formula is C9H11F2N3O4. The number of aliphatic hydroxyl groups excluding tert-OH is 2. The minimum Gasteiger partial charge on any atom is -0.394 e. The van der Waals surface area contributed by atoms with E-state index >= 15 is 0 Å². The Labute approximate surface area is 99.4 Å². The van der Waals surface area contributed by atoms with Crippen LogP contribution in [-0.2, 0) is 4.74 Å². The Bertz CT molecular complexity index is 509. The lowest BCUT2D eigenvalue weighted by molar-refractivity contribution is -0.0541. The van der Waals surface area contributed by atoms with Crippen LogP contribution in [0.5, 0.6) is 0 Å². The van der Waals surface area contributed by atoms with Crippen LogP contribution in [0.25, 0.3) is 0 Å². The molecule has 0 amide bonds. The first-order chi connectivity index (χ1) is 8.45. The molecule has 0 aromatic carbocycles. The summed E-state index contributed by atoms with van der Waals surface area (Å²) < 4.78 is 32.2. The molecule has 1 aliphatic heterocycles. The van der Waals surface area contributed by atoms with Crippen LogP contribution < -0.4 is 11.4 Å². The van der Waals surface area contributed by atoms with Gasteiger partial charge in [0.1, 0.15) is 12.2 Å². The van der Waals surface area contributed by atoms with Crippen molar-refractivity contribution in [1.82, 2.24) is 9.55 Å². The molecule has 100 valence electrons. The summed E-state index contributed by atoms with van der Waals surface area (Å²) in [7, 11) is 0. The fraction of sp³-hybridized carbons (Fsp3) is 0.556. The molecule has 0 aliphatic carbocycles. The number of rotatable bonds is 2. The van der Waals surface area contributed by atoms with Crippen LogP contribution in [0.3, 0.4) is 0 Å². The Hall–Kier alpha value is -1.58. The lowest BCUT2D eigenvalue weighted by Gasteiger charge is -2.16. The van der Waals surface area contributed by atoms with Crippen molar-refractivity contribution in [3.63, 3.8) is 0 Å². The van der Waals surface area contributed by atoms with Gasteiger partial charge in [0.25, 0.3) is 0 Å². The third-order valence-corrected chi connectivity index (χ3v) is 2.68. The molecule has 0 radical (unpaired) electrons. The summed E-state index contributed by atoms with van der Waals surface area (Å²) in [5.74, 6) is -1.59. The summed E-state index contributed by atoms with van der Waals surface area (Å²) in [5.41, 5.74) is 4.10. The molecule has 4 N–H and O–H groups in total. The molecule has 7 nitrogen and oxygen atoms in total. The molecule has 2 rings (SSSR count). The van der Waals surface area contributed by atoms with Crippen LogP contribution in [0.1, 0.15) is 6.23 Å². The van der Waals surface area contributed by atoms with Gasteiger partial charge in [0.05, 0.1) is 12.8 Å². The number of hydrogen-bond acceptors (Lipinski definition) is 6. The van der Waals surface area contributed by atoms with E-state index in [1.807, 2.05) is 0 Å². The summed E-state index contributed by atoms with van der Waals surface area (Å²) in [5, 5.41) is 18.4. The van der Waals surface area contributed by atoms with Crippen molar-refractivity contribution in [2.24, 2.45) is 0 Å². The molecule has 1 aromatic heterocycles. The zero-order valence-electron chi connectivity index (χ0n) is 9.03. The molecule has 1 aromatic rings. The van der Waals surface area contributed by atoms with Crippen LogP contribution in [0.2, 0.25) is 0 Å². The summed E-state index contributed by atoms with van der Waals surface area (Å²) in [6, 6.07) is 0. The van der Waals surface area contributed by atoms with Gasteiger partial charge < -0.3 is 20.7 Å². The van der Waals surface area contributed by atoms with Crippen molar-refractivity contribution in [1.29, 1.82) is 0 Å². The number of ether oxygens (including phenoxy) is 1. The molecule has 2 heterocycles. The second-order valence-corrected chi connectivity index (χ2v) is 3.85. The summed E-state index contributed by atoms with van der Waals surface area (Å²) in [6.07, 6.45) is -5.65. The zero-order valence-corrected chi connectivity index (χ0v) is 9.03. The van der Waals surface area contributed by atoms with Crippen LogP contribution in [0, 0.1) is 5.82 Å². The van der Waals surface area contributed by atoms with Crippen molar-refractivity contribution in [2.75, 3.05) is 12.3 Å². The maximum atomic E-state index is 13.4. The Morgan fingerprint density at radius 3 is 2.83 bits per heavy atom. The quantitative estimate of drug-likeness (QED) is 0.602. The van der Waals surface area contributed by atoms with E-state index in [4.69, 9.17) is 15.6 Å². The van der Waals surface area contributed by atoms with Gasteiger partial charge in [0.15, 0.2) is 24.0 Å². The van der Waals surface area contributed by atoms with E-state index in [2.05, 4.69) is 4.98 Å². The predicted octanol–water partition coefficient (Wildman–Crippen LogP) is -1.45. The average molecular weight is 263 g/mol. The molecule has 18 heavy (non-hydrogen) atoms. The lowest BCUT2D eigenvalue weighted by Crippen LogP contribution is -2.34. The van der Waals surface area contributed by atoms with E-state index in [0.717, 1.165) is 0 Å². The molecule has 0 spiro atoms.